The summed E-state index contributed by atoms with van der Waals surface area (Å²) in [5.74, 6) is -1.40. The van der Waals surface area contributed by atoms with Crippen molar-refractivity contribution in [2.45, 2.75) is 0 Å². The Morgan fingerprint density at radius 3 is 2.86 bits per heavy atom. The van der Waals surface area contributed by atoms with Crippen LogP contribution in [0.1, 0.15) is 10.4 Å². The zero-order valence-corrected chi connectivity index (χ0v) is 11.1. The monoisotopic (exact) mass is 286 g/mol. The van der Waals surface area contributed by atoms with Gasteiger partial charge in [0, 0.05) is 18.0 Å². The van der Waals surface area contributed by atoms with Gasteiger partial charge < -0.3 is 14.2 Å². The fraction of sp³-hybridized carbons (Fsp3) is 0.0667. The third-order valence-electron chi connectivity index (χ3n) is 3.16. The lowest BCUT2D eigenvalue weighted by Crippen LogP contribution is -1.99. The number of methoxy groups -OCH3 is 1. The number of ether oxygens (including phenoxy) is 1. The van der Waals surface area contributed by atoms with E-state index in [-0.39, 0.29) is 11.3 Å². The average molecular weight is 286 g/mol. The Hall–Kier alpha value is -2.89. The van der Waals surface area contributed by atoms with Crippen LogP contribution in [0, 0.1) is 5.82 Å². The highest BCUT2D eigenvalue weighted by atomic mass is 19.1. The van der Waals surface area contributed by atoms with E-state index >= 15 is 0 Å². The number of halogens is 1. The summed E-state index contributed by atoms with van der Waals surface area (Å²) >= 11 is 0. The lowest BCUT2D eigenvalue weighted by molar-refractivity contribution is 0.0698. The van der Waals surface area contributed by atoms with Gasteiger partial charge in [0.15, 0.2) is 17.2 Å². The van der Waals surface area contributed by atoms with E-state index in [1.165, 1.54) is 25.3 Å². The Morgan fingerprint density at radius 1 is 1.38 bits per heavy atom. The molecule has 1 N–H and O–H groups in total. The molecule has 0 saturated heterocycles. The van der Waals surface area contributed by atoms with Crippen molar-refractivity contribution >= 4 is 11.6 Å². The normalized spacial score (nSPS) is 10.8. The molecular weight excluding hydrogens is 275 g/mol. The number of carbonyl (C=O) groups is 1. The number of hydrogen-bond donors (Lipinski definition) is 1. The van der Waals surface area contributed by atoms with E-state index in [0.29, 0.717) is 16.9 Å². The second-order valence-electron chi connectivity index (χ2n) is 4.43. The standard InChI is InChI=1S/C15H11FN2O3/c1-21-13-5-4-9(7-11(13)16)12-8-18-6-2-3-10(15(19)20)14(18)17-12/h2-8H,1H3,(H,19,20). The van der Waals surface area contributed by atoms with Crippen LogP contribution in [-0.2, 0) is 0 Å². The summed E-state index contributed by atoms with van der Waals surface area (Å²) in [6.07, 6.45) is 3.35. The molecule has 2 heterocycles. The van der Waals surface area contributed by atoms with E-state index in [0.717, 1.165) is 0 Å². The van der Waals surface area contributed by atoms with Crippen molar-refractivity contribution in [2.75, 3.05) is 7.11 Å². The second-order valence-corrected chi connectivity index (χ2v) is 4.43. The van der Waals surface area contributed by atoms with Crippen molar-refractivity contribution in [3.05, 3.63) is 54.1 Å². The van der Waals surface area contributed by atoms with Gasteiger partial charge in [-0.25, -0.2) is 14.2 Å². The van der Waals surface area contributed by atoms with Crippen LogP contribution in [0.4, 0.5) is 4.39 Å². The van der Waals surface area contributed by atoms with Gasteiger partial charge in [0.2, 0.25) is 0 Å². The minimum absolute atomic E-state index is 0.0951. The molecule has 0 saturated carbocycles. The Bertz CT molecular complexity index is 842. The first-order valence-corrected chi connectivity index (χ1v) is 6.15. The topological polar surface area (TPSA) is 63.8 Å². The predicted molar refractivity (Wildman–Crippen MR) is 74.1 cm³/mol. The number of rotatable bonds is 3. The summed E-state index contributed by atoms with van der Waals surface area (Å²) in [6, 6.07) is 7.58. The molecule has 0 atom stereocenters. The van der Waals surface area contributed by atoms with Gasteiger partial charge in [0.05, 0.1) is 12.8 Å². The number of imidazole rings is 1. The summed E-state index contributed by atoms with van der Waals surface area (Å²) in [4.78, 5) is 15.4. The molecular formula is C15H11FN2O3. The molecule has 0 bridgehead atoms. The summed E-state index contributed by atoms with van der Waals surface area (Å²) in [6.45, 7) is 0. The van der Waals surface area contributed by atoms with Crippen LogP contribution in [0.3, 0.4) is 0 Å². The van der Waals surface area contributed by atoms with Crippen LogP contribution >= 0.6 is 0 Å². The molecule has 0 unspecified atom stereocenters. The van der Waals surface area contributed by atoms with Crippen LogP contribution < -0.4 is 4.74 Å². The predicted octanol–water partition coefficient (Wildman–Crippen LogP) is 2.85. The van der Waals surface area contributed by atoms with Crippen molar-refractivity contribution in [1.82, 2.24) is 9.38 Å². The number of hydrogen-bond acceptors (Lipinski definition) is 3. The zero-order valence-electron chi connectivity index (χ0n) is 11.1. The molecule has 1 aromatic carbocycles. The molecule has 0 amide bonds. The van der Waals surface area contributed by atoms with Crippen LogP contribution in [-0.4, -0.2) is 27.6 Å². The van der Waals surface area contributed by atoms with Gasteiger partial charge in [-0.3, -0.25) is 0 Å². The van der Waals surface area contributed by atoms with Crippen molar-refractivity contribution in [1.29, 1.82) is 0 Å². The molecule has 21 heavy (non-hydrogen) atoms. The number of pyridine rings is 1. The van der Waals surface area contributed by atoms with Gasteiger partial charge in [-0.15, -0.1) is 0 Å². The average Bonchev–Trinajstić information content (AvgIpc) is 2.90. The van der Waals surface area contributed by atoms with E-state index in [9.17, 15) is 9.18 Å². The van der Waals surface area contributed by atoms with Gasteiger partial charge in [-0.1, -0.05) is 0 Å². The molecule has 0 aliphatic heterocycles. The van der Waals surface area contributed by atoms with Crippen LogP contribution in [0.5, 0.6) is 5.75 Å². The zero-order chi connectivity index (χ0) is 15.0. The van der Waals surface area contributed by atoms with Gasteiger partial charge >= 0.3 is 5.97 Å². The van der Waals surface area contributed by atoms with Crippen molar-refractivity contribution in [2.24, 2.45) is 0 Å². The van der Waals surface area contributed by atoms with E-state index in [2.05, 4.69) is 4.98 Å². The molecule has 0 aliphatic rings. The minimum atomic E-state index is -1.06. The van der Waals surface area contributed by atoms with Crippen molar-refractivity contribution in [3.63, 3.8) is 0 Å². The van der Waals surface area contributed by atoms with Crippen molar-refractivity contribution in [3.8, 4) is 17.0 Å². The molecule has 3 rings (SSSR count). The van der Waals surface area contributed by atoms with E-state index in [1.807, 2.05) is 0 Å². The summed E-state index contributed by atoms with van der Waals surface area (Å²) < 4.78 is 20.2. The lowest BCUT2D eigenvalue weighted by Gasteiger charge is -2.02. The van der Waals surface area contributed by atoms with Crippen LogP contribution in [0.25, 0.3) is 16.9 Å². The SMILES string of the molecule is COc1ccc(-c2cn3cccc(C(=O)O)c3n2)cc1F. The third kappa shape index (κ3) is 2.20. The smallest absolute Gasteiger partial charge is 0.339 e. The highest BCUT2D eigenvalue weighted by molar-refractivity contribution is 5.94. The van der Waals surface area contributed by atoms with E-state index in [4.69, 9.17) is 9.84 Å². The first-order chi connectivity index (χ1) is 10.1. The Labute approximate surface area is 119 Å². The molecule has 0 spiro atoms. The second kappa shape index (κ2) is 4.90. The number of aromatic carboxylic acids is 1. The minimum Gasteiger partial charge on any atom is -0.494 e. The maximum atomic E-state index is 13.7. The third-order valence-corrected chi connectivity index (χ3v) is 3.16. The molecule has 0 fully saturated rings. The van der Waals surface area contributed by atoms with Gasteiger partial charge in [0.25, 0.3) is 0 Å². The number of aromatic nitrogens is 2. The Morgan fingerprint density at radius 2 is 2.19 bits per heavy atom. The lowest BCUT2D eigenvalue weighted by atomic mass is 10.1. The Balaban J connectivity index is 2.15. The Kier molecular flexibility index (Phi) is 3.06. The summed E-state index contributed by atoms with van der Waals surface area (Å²) in [7, 11) is 1.39. The van der Waals surface area contributed by atoms with Gasteiger partial charge in [0.1, 0.15) is 5.56 Å². The first kappa shape index (κ1) is 13.1. The number of nitrogens with zero attached hydrogens (tertiary/aromatic N) is 2. The molecule has 106 valence electrons. The highest BCUT2D eigenvalue weighted by Crippen LogP contribution is 2.25. The number of carboxylic acid groups (broad SMARTS) is 1. The molecule has 0 radical (unpaired) electrons. The molecule has 5 nitrogen and oxygen atoms in total. The number of benzene rings is 1. The van der Waals surface area contributed by atoms with E-state index in [1.54, 1.807) is 28.9 Å². The van der Waals surface area contributed by atoms with Gasteiger partial charge in [-0.2, -0.15) is 0 Å². The fourth-order valence-electron chi connectivity index (χ4n) is 2.14. The quantitative estimate of drug-likeness (QED) is 0.804. The summed E-state index contributed by atoms with van der Waals surface area (Å²) in [5, 5.41) is 9.15. The number of fused-ring (bicyclic) bond motifs is 1. The largest absolute Gasteiger partial charge is 0.494 e. The molecule has 3 aromatic rings. The van der Waals surface area contributed by atoms with Crippen molar-refractivity contribution < 1.29 is 19.0 Å². The maximum Gasteiger partial charge on any atom is 0.339 e. The van der Waals surface area contributed by atoms with Crippen LogP contribution in [0.2, 0.25) is 0 Å². The van der Waals surface area contributed by atoms with E-state index < -0.39 is 11.8 Å². The first-order valence-electron chi connectivity index (χ1n) is 6.15. The van der Waals surface area contributed by atoms with Crippen LogP contribution in [0.15, 0.2) is 42.7 Å². The fourth-order valence-corrected chi connectivity index (χ4v) is 2.14. The molecule has 6 heteroatoms. The maximum absolute atomic E-state index is 13.7. The molecule has 2 aromatic heterocycles. The highest BCUT2D eigenvalue weighted by Gasteiger charge is 2.13. The summed E-state index contributed by atoms with van der Waals surface area (Å²) in [5.41, 5.74) is 1.45. The van der Waals surface area contributed by atoms with Gasteiger partial charge in [-0.05, 0) is 30.3 Å². The molecule has 0 aliphatic carbocycles. The number of carboxylic acids is 1.